The molecule has 0 amide bonds. The number of ether oxygens (including phenoxy) is 3. The van der Waals surface area contributed by atoms with Crippen molar-refractivity contribution in [2.24, 2.45) is 0 Å². The Morgan fingerprint density at radius 1 is 0.875 bits per heavy atom. The average Bonchev–Trinajstić information content (AvgIpc) is 2.59. The zero-order valence-corrected chi connectivity index (χ0v) is 15.2. The van der Waals surface area contributed by atoms with E-state index in [9.17, 15) is 0 Å². The maximum Gasteiger partial charge on any atom is 0.161 e. The predicted molar refractivity (Wildman–Crippen MR) is 98.5 cm³/mol. The lowest BCUT2D eigenvalue weighted by Crippen LogP contribution is -2.03. The van der Waals surface area contributed by atoms with E-state index in [1.807, 2.05) is 31.2 Å². The fraction of sp³-hybridized carbons (Fsp3) is 0.429. The van der Waals surface area contributed by atoms with Crippen molar-refractivity contribution in [2.45, 2.75) is 39.5 Å². The summed E-state index contributed by atoms with van der Waals surface area (Å²) < 4.78 is 17.0. The van der Waals surface area contributed by atoms with Crippen LogP contribution in [0.15, 0.2) is 42.5 Å². The first-order valence-electron chi connectivity index (χ1n) is 8.60. The van der Waals surface area contributed by atoms with E-state index in [1.165, 1.54) is 5.56 Å². The van der Waals surface area contributed by atoms with E-state index in [0.717, 1.165) is 35.7 Å². The Morgan fingerprint density at radius 2 is 1.62 bits per heavy atom. The lowest BCUT2D eigenvalue weighted by atomic mass is 10.0. The van der Waals surface area contributed by atoms with Gasteiger partial charge < -0.3 is 14.2 Å². The number of benzene rings is 2. The summed E-state index contributed by atoms with van der Waals surface area (Å²) in [7, 11) is 1.67. The largest absolute Gasteiger partial charge is 0.494 e. The topological polar surface area (TPSA) is 27.7 Å². The lowest BCUT2D eigenvalue weighted by molar-refractivity contribution is 0.258. The quantitative estimate of drug-likeness (QED) is 0.580. The molecule has 0 bridgehead atoms. The fourth-order valence-corrected chi connectivity index (χ4v) is 2.43. The van der Waals surface area contributed by atoms with Gasteiger partial charge in [0, 0.05) is 0 Å². The molecule has 0 saturated carbocycles. The van der Waals surface area contributed by atoms with Gasteiger partial charge in [0.25, 0.3) is 0 Å². The average molecular weight is 328 g/mol. The number of hydrogen-bond acceptors (Lipinski definition) is 3. The molecule has 24 heavy (non-hydrogen) atoms. The molecule has 2 rings (SSSR count). The predicted octanol–water partition coefficient (Wildman–Crippen LogP) is 5.37. The van der Waals surface area contributed by atoms with Crippen molar-refractivity contribution in [1.29, 1.82) is 0 Å². The van der Waals surface area contributed by atoms with Gasteiger partial charge in [-0.25, -0.2) is 0 Å². The van der Waals surface area contributed by atoms with Crippen molar-refractivity contribution in [3.63, 3.8) is 0 Å². The Kier molecular flexibility index (Phi) is 6.98. The smallest absolute Gasteiger partial charge is 0.161 e. The van der Waals surface area contributed by atoms with Crippen LogP contribution in [0.3, 0.4) is 0 Å². The van der Waals surface area contributed by atoms with Crippen LogP contribution in [0.1, 0.15) is 43.7 Å². The highest BCUT2D eigenvalue weighted by molar-refractivity contribution is 5.42. The molecule has 2 aromatic rings. The molecule has 0 spiro atoms. The minimum atomic E-state index is 0.520. The van der Waals surface area contributed by atoms with E-state index < -0.39 is 0 Å². The van der Waals surface area contributed by atoms with Crippen LogP contribution in [0, 0.1) is 6.92 Å². The Hall–Kier alpha value is -2.16. The highest BCUT2D eigenvalue weighted by atomic mass is 16.5. The highest BCUT2D eigenvalue weighted by Crippen LogP contribution is 2.27. The maximum atomic E-state index is 5.83. The summed E-state index contributed by atoms with van der Waals surface area (Å²) >= 11 is 0. The molecule has 130 valence electrons. The molecule has 0 aliphatic rings. The van der Waals surface area contributed by atoms with E-state index >= 15 is 0 Å². The molecule has 0 fully saturated rings. The van der Waals surface area contributed by atoms with Crippen molar-refractivity contribution < 1.29 is 14.2 Å². The number of rotatable bonds is 9. The molecule has 0 aliphatic heterocycles. The van der Waals surface area contributed by atoms with Gasteiger partial charge in [-0.3, -0.25) is 0 Å². The zero-order chi connectivity index (χ0) is 17.4. The number of unbranched alkanes of at least 4 members (excludes halogenated alkanes) is 1. The van der Waals surface area contributed by atoms with Crippen LogP contribution in [0.4, 0.5) is 0 Å². The summed E-state index contributed by atoms with van der Waals surface area (Å²) in [5.74, 6) is 3.05. The van der Waals surface area contributed by atoms with Gasteiger partial charge in [-0.2, -0.15) is 0 Å². The van der Waals surface area contributed by atoms with Gasteiger partial charge in [-0.05, 0) is 61.1 Å². The van der Waals surface area contributed by atoms with Crippen LogP contribution in [0.5, 0.6) is 17.2 Å². The Bertz CT molecular complexity index is 635. The fourth-order valence-electron chi connectivity index (χ4n) is 2.43. The molecule has 0 unspecified atom stereocenters. The minimum Gasteiger partial charge on any atom is -0.494 e. The van der Waals surface area contributed by atoms with Gasteiger partial charge >= 0.3 is 0 Å². The van der Waals surface area contributed by atoms with E-state index in [1.54, 1.807) is 7.11 Å². The number of aryl methyl sites for hydroxylation is 1. The molecule has 0 saturated heterocycles. The van der Waals surface area contributed by atoms with E-state index in [0.29, 0.717) is 19.1 Å². The van der Waals surface area contributed by atoms with Crippen LogP contribution < -0.4 is 14.2 Å². The maximum absolute atomic E-state index is 5.83. The van der Waals surface area contributed by atoms with Crippen molar-refractivity contribution in [2.75, 3.05) is 20.3 Å². The summed E-state index contributed by atoms with van der Waals surface area (Å²) in [4.78, 5) is 0. The second-order valence-electron chi connectivity index (χ2n) is 6.29. The van der Waals surface area contributed by atoms with E-state index in [2.05, 4.69) is 32.0 Å². The van der Waals surface area contributed by atoms with Crippen LogP contribution in [0.2, 0.25) is 0 Å². The van der Waals surface area contributed by atoms with Crippen LogP contribution in [-0.4, -0.2) is 20.3 Å². The molecule has 0 N–H and O–H groups in total. The summed E-state index contributed by atoms with van der Waals surface area (Å²) in [6.45, 7) is 7.79. The highest BCUT2D eigenvalue weighted by Gasteiger charge is 2.04. The molecule has 3 heteroatoms. The summed E-state index contributed by atoms with van der Waals surface area (Å²) in [6, 6.07) is 14.3. The van der Waals surface area contributed by atoms with Crippen molar-refractivity contribution in [1.82, 2.24) is 0 Å². The molecular formula is C21H28O3. The molecule has 0 aromatic heterocycles. The second kappa shape index (κ2) is 9.21. The van der Waals surface area contributed by atoms with Crippen molar-refractivity contribution in [3.8, 4) is 17.2 Å². The molecule has 0 atom stereocenters. The molecule has 0 heterocycles. The van der Waals surface area contributed by atoms with E-state index in [4.69, 9.17) is 14.2 Å². The normalized spacial score (nSPS) is 10.7. The first-order chi connectivity index (χ1) is 11.6. The van der Waals surface area contributed by atoms with Gasteiger partial charge in [0.15, 0.2) is 11.5 Å². The molecular weight excluding hydrogens is 300 g/mol. The monoisotopic (exact) mass is 328 g/mol. The summed E-state index contributed by atoms with van der Waals surface area (Å²) in [5, 5.41) is 0. The van der Waals surface area contributed by atoms with Gasteiger partial charge in [0.2, 0.25) is 0 Å². The molecule has 0 aliphatic carbocycles. The summed E-state index contributed by atoms with van der Waals surface area (Å²) in [5.41, 5.74) is 2.47. The molecule has 3 nitrogen and oxygen atoms in total. The van der Waals surface area contributed by atoms with Gasteiger partial charge in [0.05, 0.1) is 20.3 Å². The number of methoxy groups -OCH3 is 1. The third-order valence-corrected chi connectivity index (χ3v) is 3.91. The SMILES string of the molecule is COc1cc(C)ccc1OCCCCOc1cccc(C(C)C)c1. The zero-order valence-electron chi connectivity index (χ0n) is 15.2. The minimum absolute atomic E-state index is 0.520. The summed E-state index contributed by atoms with van der Waals surface area (Å²) in [6.07, 6.45) is 1.90. The Labute approximate surface area is 145 Å². The van der Waals surface area contributed by atoms with Crippen LogP contribution in [0.25, 0.3) is 0 Å². The Balaban J connectivity index is 1.69. The van der Waals surface area contributed by atoms with Gasteiger partial charge in [-0.15, -0.1) is 0 Å². The first kappa shape index (κ1) is 18.2. The molecule has 0 radical (unpaired) electrons. The second-order valence-corrected chi connectivity index (χ2v) is 6.29. The third-order valence-electron chi connectivity index (χ3n) is 3.91. The lowest BCUT2D eigenvalue weighted by Gasteiger charge is -2.12. The van der Waals surface area contributed by atoms with Crippen molar-refractivity contribution in [3.05, 3.63) is 53.6 Å². The Morgan fingerprint density at radius 3 is 2.33 bits per heavy atom. The van der Waals surface area contributed by atoms with E-state index in [-0.39, 0.29) is 0 Å². The van der Waals surface area contributed by atoms with Gasteiger partial charge in [0.1, 0.15) is 5.75 Å². The van der Waals surface area contributed by atoms with Crippen molar-refractivity contribution >= 4 is 0 Å². The number of hydrogen-bond donors (Lipinski definition) is 0. The third kappa shape index (κ3) is 5.48. The van der Waals surface area contributed by atoms with Crippen LogP contribution >= 0.6 is 0 Å². The van der Waals surface area contributed by atoms with Crippen LogP contribution in [-0.2, 0) is 0 Å². The molecule has 2 aromatic carbocycles. The van der Waals surface area contributed by atoms with Gasteiger partial charge in [-0.1, -0.05) is 32.0 Å². The first-order valence-corrected chi connectivity index (χ1v) is 8.60. The standard InChI is InChI=1S/C21H28O3/c1-16(2)18-8-7-9-19(15-18)23-12-5-6-13-24-20-11-10-17(3)14-21(20)22-4/h7-11,14-16H,5-6,12-13H2,1-4H3.